The van der Waals surface area contributed by atoms with Gasteiger partial charge in [0.05, 0.1) is 13.2 Å². The van der Waals surface area contributed by atoms with Crippen LogP contribution in [-0.4, -0.2) is 23.0 Å². The van der Waals surface area contributed by atoms with E-state index in [4.69, 9.17) is 4.74 Å². The highest BCUT2D eigenvalue weighted by Crippen LogP contribution is 2.25. The van der Waals surface area contributed by atoms with Gasteiger partial charge in [-0.15, -0.1) is 17.9 Å². The molecule has 0 N–H and O–H groups in total. The van der Waals surface area contributed by atoms with Crippen LogP contribution < -0.4 is 0 Å². The zero-order valence-electron chi connectivity index (χ0n) is 13.0. The van der Waals surface area contributed by atoms with Crippen LogP contribution in [0.3, 0.4) is 0 Å². The lowest BCUT2D eigenvalue weighted by Gasteiger charge is -2.29. The van der Waals surface area contributed by atoms with Crippen LogP contribution in [0.2, 0.25) is 0 Å². The summed E-state index contributed by atoms with van der Waals surface area (Å²) in [4.78, 5) is 9.72. The fraction of sp³-hybridized carbons (Fsp3) is 0.389. The van der Waals surface area contributed by atoms with Crippen molar-refractivity contribution >= 4 is 11.3 Å². The number of nitrogens with zero attached hydrogens (tertiary/aromatic N) is 2. The van der Waals surface area contributed by atoms with Crippen molar-refractivity contribution in [1.29, 1.82) is 0 Å². The summed E-state index contributed by atoms with van der Waals surface area (Å²) in [5.41, 5.74) is 4.00. The van der Waals surface area contributed by atoms with Crippen molar-refractivity contribution in [2.75, 3.05) is 13.2 Å². The molecule has 0 amide bonds. The van der Waals surface area contributed by atoms with Gasteiger partial charge in [-0.05, 0) is 42.2 Å². The summed E-state index contributed by atoms with van der Waals surface area (Å²) in [6.07, 6.45) is 6.82. The SMILES string of the molecule is C=CCOCc1cncc2c1CCN(Cc1ccc(C)s1)C2. The maximum atomic E-state index is 5.59. The van der Waals surface area contributed by atoms with Crippen LogP contribution in [0.15, 0.2) is 37.2 Å². The van der Waals surface area contributed by atoms with Gasteiger partial charge in [0.15, 0.2) is 0 Å². The Labute approximate surface area is 136 Å². The maximum absolute atomic E-state index is 5.59. The summed E-state index contributed by atoms with van der Waals surface area (Å²) in [5.74, 6) is 0. The molecule has 0 atom stereocenters. The van der Waals surface area contributed by atoms with Crippen molar-refractivity contribution in [2.45, 2.75) is 33.0 Å². The van der Waals surface area contributed by atoms with E-state index in [-0.39, 0.29) is 0 Å². The molecule has 0 unspecified atom stereocenters. The minimum atomic E-state index is 0.591. The van der Waals surface area contributed by atoms with Crippen molar-refractivity contribution in [1.82, 2.24) is 9.88 Å². The highest BCUT2D eigenvalue weighted by molar-refractivity contribution is 7.11. The Morgan fingerprint density at radius 1 is 1.41 bits per heavy atom. The molecular weight excluding hydrogens is 292 g/mol. The molecule has 0 aliphatic carbocycles. The number of pyridine rings is 1. The van der Waals surface area contributed by atoms with Crippen LogP contribution in [0.1, 0.15) is 26.4 Å². The van der Waals surface area contributed by atoms with Crippen LogP contribution >= 0.6 is 11.3 Å². The van der Waals surface area contributed by atoms with E-state index in [2.05, 4.69) is 35.5 Å². The molecule has 0 saturated heterocycles. The molecule has 1 aliphatic rings. The highest BCUT2D eigenvalue weighted by Gasteiger charge is 2.19. The van der Waals surface area contributed by atoms with E-state index in [1.165, 1.54) is 26.4 Å². The van der Waals surface area contributed by atoms with Gasteiger partial charge in [-0.25, -0.2) is 0 Å². The summed E-state index contributed by atoms with van der Waals surface area (Å²) in [5, 5.41) is 0. The van der Waals surface area contributed by atoms with Gasteiger partial charge in [-0.2, -0.15) is 0 Å². The summed E-state index contributed by atoms with van der Waals surface area (Å²) < 4.78 is 5.59. The molecule has 2 aromatic heterocycles. The fourth-order valence-electron chi connectivity index (χ4n) is 2.93. The first kappa shape index (κ1) is 15.4. The van der Waals surface area contributed by atoms with Gasteiger partial charge in [0, 0.05) is 41.8 Å². The number of hydrogen-bond acceptors (Lipinski definition) is 4. The Hall–Kier alpha value is -1.49. The molecule has 0 spiro atoms. The van der Waals surface area contributed by atoms with Gasteiger partial charge in [0.2, 0.25) is 0 Å². The molecular formula is C18H22N2OS. The van der Waals surface area contributed by atoms with Crippen molar-refractivity contribution < 1.29 is 4.74 Å². The largest absolute Gasteiger partial charge is 0.373 e. The first-order chi connectivity index (χ1) is 10.8. The second-order valence-corrected chi connectivity index (χ2v) is 7.09. The van der Waals surface area contributed by atoms with Crippen molar-refractivity contribution in [2.24, 2.45) is 0 Å². The molecule has 22 heavy (non-hydrogen) atoms. The third kappa shape index (κ3) is 3.64. The number of ether oxygens (including phenoxy) is 1. The van der Waals surface area contributed by atoms with Gasteiger partial charge in [0.1, 0.15) is 0 Å². The third-order valence-electron chi connectivity index (χ3n) is 3.98. The lowest BCUT2D eigenvalue weighted by Crippen LogP contribution is -2.30. The Kier molecular flexibility index (Phi) is 5.03. The molecule has 4 heteroatoms. The minimum absolute atomic E-state index is 0.591. The van der Waals surface area contributed by atoms with E-state index in [1.807, 2.05) is 23.7 Å². The lowest BCUT2D eigenvalue weighted by molar-refractivity contribution is 0.147. The molecule has 0 aromatic carbocycles. The Morgan fingerprint density at radius 3 is 3.09 bits per heavy atom. The predicted octanol–water partition coefficient (Wildman–Crippen LogP) is 3.71. The van der Waals surface area contributed by atoms with Crippen molar-refractivity contribution in [3.05, 3.63) is 63.6 Å². The molecule has 1 aliphatic heterocycles. The molecule has 0 saturated carbocycles. The van der Waals surface area contributed by atoms with Crippen molar-refractivity contribution in [3.63, 3.8) is 0 Å². The van der Waals surface area contributed by atoms with Crippen LogP contribution in [0, 0.1) is 6.92 Å². The quantitative estimate of drug-likeness (QED) is 0.600. The van der Waals surface area contributed by atoms with Gasteiger partial charge in [-0.1, -0.05) is 6.08 Å². The average Bonchev–Trinajstić information content (AvgIpc) is 2.92. The lowest BCUT2D eigenvalue weighted by atomic mass is 9.97. The number of rotatable bonds is 6. The van der Waals surface area contributed by atoms with E-state index in [0.29, 0.717) is 13.2 Å². The Balaban J connectivity index is 1.67. The van der Waals surface area contributed by atoms with E-state index in [0.717, 1.165) is 26.1 Å². The van der Waals surface area contributed by atoms with Crippen LogP contribution in [-0.2, 0) is 30.9 Å². The molecule has 0 bridgehead atoms. The number of aromatic nitrogens is 1. The third-order valence-corrected chi connectivity index (χ3v) is 4.96. The number of thiophene rings is 1. The molecule has 3 heterocycles. The number of hydrogen-bond donors (Lipinski definition) is 0. The molecule has 116 valence electrons. The summed E-state index contributed by atoms with van der Waals surface area (Å²) in [6, 6.07) is 4.45. The maximum Gasteiger partial charge on any atom is 0.0738 e. The zero-order chi connectivity index (χ0) is 15.4. The van der Waals surface area contributed by atoms with Gasteiger partial charge in [-0.3, -0.25) is 9.88 Å². The van der Waals surface area contributed by atoms with E-state index in [1.54, 1.807) is 6.08 Å². The first-order valence-electron chi connectivity index (χ1n) is 7.67. The Morgan fingerprint density at radius 2 is 2.32 bits per heavy atom. The minimum Gasteiger partial charge on any atom is -0.373 e. The molecule has 0 radical (unpaired) electrons. The summed E-state index contributed by atoms with van der Waals surface area (Å²) in [6.45, 7) is 10.2. The Bertz CT molecular complexity index is 650. The topological polar surface area (TPSA) is 25.4 Å². The molecule has 2 aromatic rings. The first-order valence-corrected chi connectivity index (χ1v) is 8.49. The molecule has 0 fully saturated rings. The van der Waals surface area contributed by atoms with Crippen LogP contribution in [0.5, 0.6) is 0 Å². The summed E-state index contributed by atoms with van der Waals surface area (Å²) in [7, 11) is 0. The van der Waals surface area contributed by atoms with E-state index < -0.39 is 0 Å². The van der Waals surface area contributed by atoms with Gasteiger partial charge in [0.25, 0.3) is 0 Å². The van der Waals surface area contributed by atoms with E-state index in [9.17, 15) is 0 Å². The monoisotopic (exact) mass is 314 g/mol. The highest BCUT2D eigenvalue weighted by atomic mass is 32.1. The van der Waals surface area contributed by atoms with Gasteiger partial charge >= 0.3 is 0 Å². The second kappa shape index (κ2) is 7.18. The molecule has 3 rings (SSSR count). The van der Waals surface area contributed by atoms with Gasteiger partial charge < -0.3 is 4.74 Å². The van der Waals surface area contributed by atoms with Crippen molar-refractivity contribution in [3.8, 4) is 0 Å². The smallest absolute Gasteiger partial charge is 0.0738 e. The van der Waals surface area contributed by atoms with E-state index >= 15 is 0 Å². The average molecular weight is 314 g/mol. The number of aryl methyl sites for hydroxylation is 1. The standard InChI is InChI=1S/C18H22N2OS/c1-3-8-21-13-16-10-19-9-15-11-20(7-6-18(15)16)12-17-5-4-14(2)22-17/h3-5,9-10H,1,6-8,11-13H2,2H3. The molecule has 3 nitrogen and oxygen atoms in total. The summed E-state index contributed by atoms with van der Waals surface area (Å²) >= 11 is 1.89. The second-order valence-electron chi connectivity index (χ2n) is 5.71. The van der Waals surface area contributed by atoms with Crippen LogP contribution in [0.4, 0.5) is 0 Å². The van der Waals surface area contributed by atoms with Crippen LogP contribution in [0.25, 0.3) is 0 Å². The zero-order valence-corrected chi connectivity index (χ0v) is 13.9. The fourth-order valence-corrected chi connectivity index (χ4v) is 3.86. The predicted molar refractivity (Wildman–Crippen MR) is 91.0 cm³/mol. The number of fused-ring (bicyclic) bond motifs is 1. The normalized spacial score (nSPS) is 14.8.